The standard InChI is InChI=1S/C24H20O4/c1-26-15-8-9-17(21(13-15)27-2)23-22-16-6-4-3-5-14(16)7-11-19(22)28-20-12-10-18(25)24(20)23/h3-9,11,13,23H,10,12H2,1-2H3. The van der Waals surface area contributed by atoms with Crippen LogP contribution in [-0.4, -0.2) is 20.0 Å². The maximum absolute atomic E-state index is 12.9. The summed E-state index contributed by atoms with van der Waals surface area (Å²) in [5, 5.41) is 2.21. The molecule has 0 aromatic heterocycles. The number of carbonyl (C=O) groups excluding carboxylic acids is 1. The summed E-state index contributed by atoms with van der Waals surface area (Å²) >= 11 is 0. The third kappa shape index (κ3) is 2.41. The van der Waals surface area contributed by atoms with Crippen LogP contribution in [0.3, 0.4) is 0 Å². The Kier molecular flexibility index (Phi) is 3.86. The molecule has 4 nitrogen and oxygen atoms in total. The summed E-state index contributed by atoms with van der Waals surface area (Å²) in [6.45, 7) is 0. The highest BCUT2D eigenvalue weighted by Crippen LogP contribution is 2.51. The molecule has 2 aliphatic rings. The molecule has 3 aromatic rings. The van der Waals surface area contributed by atoms with Crippen molar-refractivity contribution in [2.24, 2.45) is 0 Å². The molecular weight excluding hydrogens is 352 g/mol. The number of Topliss-reactive ketones (excluding diaryl/α,β-unsaturated/α-hetero) is 1. The van der Waals surface area contributed by atoms with Gasteiger partial charge in [0.1, 0.15) is 23.0 Å². The van der Waals surface area contributed by atoms with Gasteiger partial charge in [0.05, 0.1) is 14.2 Å². The van der Waals surface area contributed by atoms with Crippen LogP contribution in [0.25, 0.3) is 10.8 Å². The lowest BCUT2D eigenvalue weighted by Gasteiger charge is -2.30. The maximum Gasteiger partial charge on any atom is 0.163 e. The summed E-state index contributed by atoms with van der Waals surface area (Å²) in [5.74, 6) is 2.96. The highest BCUT2D eigenvalue weighted by Gasteiger charge is 2.40. The molecule has 1 aliphatic heterocycles. The predicted molar refractivity (Wildman–Crippen MR) is 107 cm³/mol. The minimum absolute atomic E-state index is 0.149. The molecule has 1 atom stereocenters. The van der Waals surface area contributed by atoms with Gasteiger partial charge in [-0.2, -0.15) is 0 Å². The zero-order valence-electron chi connectivity index (χ0n) is 15.8. The lowest BCUT2D eigenvalue weighted by molar-refractivity contribution is -0.115. The van der Waals surface area contributed by atoms with Crippen LogP contribution in [-0.2, 0) is 4.79 Å². The predicted octanol–water partition coefficient (Wildman–Crippen LogP) is 5.00. The molecule has 4 heteroatoms. The summed E-state index contributed by atoms with van der Waals surface area (Å²) in [7, 11) is 3.28. The number of rotatable bonds is 3. The molecule has 0 spiro atoms. The summed E-state index contributed by atoms with van der Waals surface area (Å²) < 4.78 is 17.3. The van der Waals surface area contributed by atoms with E-state index < -0.39 is 0 Å². The lowest BCUT2D eigenvalue weighted by atomic mass is 9.79. The summed E-state index contributed by atoms with van der Waals surface area (Å²) in [6, 6.07) is 18.1. The van der Waals surface area contributed by atoms with Crippen LogP contribution < -0.4 is 14.2 Å². The van der Waals surface area contributed by atoms with Crippen molar-refractivity contribution in [2.75, 3.05) is 14.2 Å². The third-order valence-corrected chi connectivity index (χ3v) is 5.67. The smallest absolute Gasteiger partial charge is 0.163 e. The van der Waals surface area contributed by atoms with Crippen molar-refractivity contribution >= 4 is 16.6 Å². The van der Waals surface area contributed by atoms with Crippen molar-refractivity contribution in [3.05, 3.63) is 77.1 Å². The molecule has 1 aliphatic carbocycles. The maximum atomic E-state index is 12.9. The molecule has 0 fully saturated rings. The molecule has 5 rings (SSSR count). The van der Waals surface area contributed by atoms with Crippen LogP contribution in [0.2, 0.25) is 0 Å². The Hall–Kier alpha value is -3.27. The van der Waals surface area contributed by atoms with E-state index in [2.05, 4.69) is 18.2 Å². The average molecular weight is 372 g/mol. The fraction of sp³-hybridized carbons (Fsp3) is 0.208. The number of methoxy groups -OCH3 is 2. The topological polar surface area (TPSA) is 44.8 Å². The first-order valence-electron chi connectivity index (χ1n) is 9.39. The molecule has 0 radical (unpaired) electrons. The summed E-state index contributed by atoms with van der Waals surface area (Å²) in [6.07, 6.45) is 1.14. The van der Waals surface area contributed by atoms with Crippen molar-refractivity contribution in [3.63, 3.8) is 0 Å². The van der Waals surface area contributed by atoms with Gasteiger partial charge in [-0.05, 0) is 22.9 Å². The molecular formula is C24H20O4. The van der Waals surface area contributed by atoms with Gasteiger partial charge in [0.2, 0.25) is 0 Å². The number of carbonyl (C=O) groups is 1. The molecule has 0 bridgehead atoms. The largest absolute Gasteiger partial charge is 0.497 e. The molecule has 0 amide bonds. The van der Waals surface area contributed by atoms with Crippen LogP contribution in [0.1, 0.15) is 29.9 Å². The van der Waals surface area contributed by atoms with Crippen molar-refractivity contribution < 1.29 is 19.0 Å². The van der Waals surface area contributed by atoms with Crippen molar-refractivity contribution in [1.29, 1.82) is 0 Å². The van der Waals surface area contributed by atoms with Gasteiger partial charge in [-0.1, -0.05) is 36.4 Å². The second-order valence-electron chi connectivity index (χ2n) is 7.10. The minimum atomic E-state index is -0.222. The molecule has 28 heavy (non-hydrogen) atoms. The van der Waals surface area contributed by atoms with Crippen molar-refractivity contribution in [1.82, 2.24) is 0 Å². The number of allylic oxidation sites excluding steroid dienone is 2. The van der Waals surface area contributed by atoms with Gasteiger partial charge in [-0.3, -0.25) is 4.79 Å². The SMILES string of the molecule is COc1ccc(C2C3=C(CCC3=O)Oc3ccc4ccccc4c32)c(OC)c1. The Morgan fingerprint density at radius 3 is 2.64 bits per heavy atom. The molecule has 1 heterocycles. The number of fused-ring (bicyclic) bond motifs is 3. The van der Waals surface area contributed by atoms with Gasteiger partial charge in [0.25, 0.3) is 0 Å². The van der Waals surface area contributed by atoms with E-state index in [4.69, 9.17) is 14.2 Å². The zero-order chi connectivity index (χ0) is 19.3. The normalized spacial score (nSPS) is 17.9. The van der Waals surface area contributed by atoms with Gasteiger partial charge in [0.15, 0.2) is 5.78 Å². The Bertz CT molecular complexity index is 1140. The summed E-state index contributed by atoms with van der Waals surface area (Å²) in [5.41, 5.74) is 2.73. The molecule has 0 N–H and O–H groups in total. The summed E-state index contributed by atoms with van der Waals surface area (Å²) in [4.78, 5) is 12.9. The van der Waals surface area contributed by atoms with Crippen LogP contribution in [0.15, 0.2) is 65.9 Å². The molecule has 0 saturated heterocycles. The zero-order valence-corrected chi connectivity index (χ0v) is 15.8. The number of benzene rings is 3. The highest BCUT2D eigenvalue weighted by atomic mass is 16.5. The van der Waals surface area contributed by atoms with Gasteiger partial charge in [-0.25, -0.2) is 0 Å². The van der Waals surface area contributed by atoms with Crippen molar-refractivity contribution in [2.45, 2.75) is 18.8 Å². The molecule has 1 unspecified atom stereocenters. The van der Waals surface area contributed by atoms with E-state index >= 15 is 0 Å². The van der Waals surface area contributed by atoms with Crippen LogP contribution in [0, 0.1) is 0 Å². The second-order valence-corrected chi connectivity index (χ2v) is 7.10. The van der Waals surface area contributed by atoms with Gasteiger partial charge in [-0.15, -0.1) is 0 Å². The van der Waals surface area contributed by atoms with E-state index in [1.165, 1.54) is 0 Å². The Balaban J connectivity index is 1.83. The van der Waals surface area contributed by atoms with Gasteiger partial charge >= 0.3 is 0 Å². The monoisotopic (exact) mass is 372 g/mol. The van der Waals surface area contributed by atoms with Crippen LogP contribution in [0.4, 0.5) is 0 Å². The average Bonchev–Trinajstić information content (AvgIpc) is 3.12. The molecule has 140 valence electrons. The van der Waals surface area contributed by atoms with E-state index in [-0.39, 0.29) is 11.7 Å². The third-order valence-electron chi connectivity index (χ3n) is 5.67. The number of hydrogen-bond donors (Lipinski definition) is 0. The van der Waals surface area contributed by atoms with E-state index in [1.54, 1.807) is 14.2 Å². The fourth-order valence-electron chi connectivity index (χ4n) is 4.39. The number of ether oxygens (including phenoxy) is 3. The van der Waals surface area contributed by atoms with Crippen LogP contribution in [0.5, 0.6) is 17.2 Å². The second kappa shape index (κ2) is 6.41. The number of ketones is 1. The van der Waals surface area contributed by atoms with E-state index in [9.17, 15) is 4.79 Å². The Morgan fingerprint density at radius 1 is 0.964 bits per heavy atom. The first kappa shape index (κ1) is 16.9. The Morgan fingerprint density at radius 2 is 1.82 bits per heavy atom. The molecule has 3 aromatic carbocycles. The van der Waals surface area contributed by atoms with E-state index in [0.717, 1.165) is 44.7 Å². The van der Waals surface area contributed by atoms with Crippen molar-refractivity contribution in [3.8, 4) is 17.2 Å². The quantitative estimate of drug-likeness (QED) is 0.649. The van der Waals surface area contributed by atoms with Gasteiger partial charge < -0.3 is 14.2 Å². The number of hydrogen-bond acceptors (Lipinski definition) is 4. The Labute approximate surface area is 163 Å². The molecule has 0 saturated carbocycles. The first-order valence-corrected chi connectivity index (χ1v) is 9.39. The fourth-order valence-corrected chi connectivity index (χ4v) is 4.39. The van der Waals surface area contributed by atoms with E-state index in [1.807, 2.05) is 36.4 Å². The minimum Gasteiger partial charge on any atom is -0.497 e. The van der Waals surface area contributed by atoms with Gasteiger partial charge in [0, 0.05) is 41.5 Å². The van der Waals surface area contributed by atoms with Crippen LogP contribution >= 0.6 is 0 Å². The lowest BCUT2D eigenvalue weighted by Crippen LogP contribution is -2.18. The highest BCUT2D eigenvalue weighted by molar-refractivity contribution is 6.03. The first-order chi connectivity index (χ1) is 13.7. The van der Waals surface area contributed by atoms with E-state index in [0.29, 0.717) is 18.6 Å².